The van der Waals surface area contributed by atoms with E-state index in [9.17, 15) is 0 Å². The fraction of sp³-hybridized carbons (Fsp3) is 0.632. The van der Waals surface area contributed by atoms with E-state index < -0.39 is 0 Å². The van der Waals surface area contributed by atoms with Crippen molar-refractivity contribution in [3.8, 4) is 17.2 Å². The predicted octanol–water partition coefficient (Wildman–Crippen LogP) is 2.85. The Morgan fingerprint density at radius 2 is 1.74 bits per heavy atom. The molecule has 7 nitrogen and oxygen atoms in total. The third-order valence-corrected chi connectivity index (χ3v) is 3.74. The third-order valence-electron chi connectivity index (χ3n) is 3.74. The van der Waals surface area contributed by atoms with Crippen LogP contribution < -0.4 is 24.8 Å². The van der Waals surface area contributed by atoms with E-state index in [0.29, 0.717) is 17.2 Å². The van der Waals surface area contributed by atoms with Crippen LogP contribution in [0, 0.1) is 0 Å². The second-order valence-electron chi connectivity index (χ2n) is 5.48. The van der Waals surface area contributed by atoms with Crippen molar-refractivity contribution < 1.29 is 18.9 Å². The lowest BCUT2D eigenvalue weighted by Crippen LogP contribution is -2.38. The highest BCUT2D eigenvalue weighted by molar-refractivity contribution is 14.0. The van der Waals surface area contributed by atoms with E-state index in [1.54, 1.807) is 21.3 Å². The summed E-state index contributed by atoms with van der Waals surface area (Å²) in [6, 6.07) is 3.89. The molecule has 0 heterocycles. The number of nitrogens with zero attached hydrogens (tertiary/aromatic N) is 1. The molecule has 1 rings (SSSR count). The van der Waals surface area contributed by atoms with E-state index in [1.807, 2.05) is 19.1 Å². The molecule has 0 aromatic heterocycles. The number of guanidine groups is 1. The van der Waals surface area contributed by atoms with Crippen molar-refractivity contribution in [2.75, 3.05) is 54.2 Å². The highest BCUT2D eigenvalue weighted by Crippen LogP contribution is 2.39. The molecule has 0 unspecified atom stereocenters. The molecule has 1 aromatic carbocycles. The fourth-order valence-electron chi connectivity index (χ4n) is 2.52. The SMILES string of the molecule is CCNC(=NCCCOCC)NCCc1ccc(OC)c(OC)c1OC.I. The van der Waals surface area contributed by atoms with Crippen LogP contribution >= 0.6 is 24.0 Å². The van der Waals surface area contributed by atoms with Gasteiger partial charge in [-0.25, -0.2) is 0 Å². The maximum Gasteiger partial charge on any atom is 0.203 e. The second kappa shape index (κ2) is 15.6. The molecule has 0 aliphatic carbocycles. The molecule has 0 aliphatic heterocycles. The number of hydrogen-bond acceptors (Lipinski definition) is 5. The molecule has 0 saturated heterocycles. The van der Waals surface area contributed by atoms with E-state index in [4.69, 9.17) is 18.9 Å². The lowest BCUT2D eigenvalue weighted by molar-refractivity contribution is 0.146. The molecule has 1 aromatic rings. The third kappa shape index (κ3) is 8.87. The van der Waals surface area contributed by atoms with Crippen molar-refractivity contribution in [3.05, 3.63) is 17.7 Å². The van der Waals surface area contributed by atoms with E-state index in [0.717, 1.165) is 57.2 Å². The number of methoxy groups -OCH3 is 3. The molecular weight excluding hydrogens is 461 g/mol. The van der Waals surface area contributed by atoms with Crippen molar-refractivity contribution >= 4 is 29.9 Å². The summed E-state index contributed by atoms with van der Waals surface area (Å²) < 4.78 is 21.6. The number of hydrogen-bond donors (Lipinski definition) is 2. The minimum Gasteiger partial charge on any atom is -0.493 e. The number of rotatable bonds is 12. The van der Waals surface area contributed by atoms with E-state index in [1.165, 1.54) is 0 Å². The van der Waals surface area contributed by atoms with Gasteiger partial charge in [-0.05, 0) is 32.8 Å². The quantitative estimate of drug-likeness (QED) is 0.201. The summed E-state index contributed by atoms with van der Waals surface area (Å²) in [5, 5.41) is 6.60. The number of aliphatic imine (C=N–C) groups is 1. The largest absolute Gasteiger partial charge is 0.493 e. The Bertz CT molecular complexity index is 556. The summed E-state index contributed by atoms with van der Waals surface area (Å²) in [5.41, 5.74) is 1.05. The van der Waals surface area contributed by atoms with Gasteiger partial charge < -0.3 is 29.6 Å². The zero-order valence-electron chi connectivity index (χ0n) is 17.1. The van der Waals surface area contributed by atoms with Crippen LogP contribution in [-0.2, 0) is 11.2 Å². The Morgan fingerprint density at radius 1 is 1.00 bits per heavy atom. The molecule has 8 heteroatoms. The minimum absolute atomic E-state index is 0. The van der Waals surface area contributed by atoms with Gasteiger partial charge in [-0.2, -0.15) is 0 Å². The topological polar surface area (TPSA) is 73.3 Å². The fourth-order valence-corrected chi connectivity index (χ4v) is 2.52. The Balaban J connectivity index is 0.00000676. The van der Waals surface area contributed by atoms with E-state index in [-0.39, 0.29) is 24.0 Å². The number of benzene rings is 1. The second-order valence-corrected chi connectivity index (χ2v) is 5.48. The van der Waals surface area contributed by atoms with Crippen LogP contribution in [0.4, 0.5) is 0 Å². The van der Waals surface area contributed by atoms with Crippen LogP contribution in [-0.4, -0.2) is 60.1 Å². The molecule has 0 fully saturated rings. The van der Waals surface area contributed by atoms with Gasteiger partial charge in [-0.15, -0.1) is 24.0 Å². The van der Waals surface area contributed by atoms with E-state index >= 15 is 0 Å². The Morgan fingerprint density at radius 3 is 2.33 bits per heavy atom. The lowest BCUT2D eigenvalue weighted by atomic mass is 10.1. The van der Waals surface area contributed by atoms with Crippen molar-refractivity contribution in [1.29, 1.82) is 0 Å². The summed E-state index contributed by atoms with van der Waals surface area (Å²) in [4.78, 5) is 4.56. The van der Waals surface area contributed by atoms with Crippen LogP contribution in [0.3, 0.4) is 0 Å². The van der Waals surface area contributed by atoms with Gasteiger partial charge in [0, 0.05) is 38.4 Å². The van der Waals surface area contributed by atoms with Crippen LogP contribution in [0.15, 0.2) is 17.1 Å². The molecule has 2 N–H and O–H groups in total. The molecule has 0 amide bonds. The normalized spacial score (nSPS) is 10.8. The molecule has 0 aliphatic rings. The average Bonchev–Trinajstić information content (AvgIpc) is 2.66. The summed E-state index contributed by atoms with van der Waals surface area (Å²) in [7, 11) is 4.86. The molecule has 156 valence electrons. The van der Waals surface area contributed by atoms with E-state index in [2.05, 4.69) is 22.5 Å². The van der Waals surface area contributed by atoms with Gasteiger partial charge in [-0.3, -0.25) is 4.99 Å². The maximum absolute atomic E-state index is 5.52. The summed E-state index contributed by atoms with van der Waals surface area (Å²) >= 11 is 0. The molecular formula is C19H34IN3O4. The number of ether oxygens (including phenoxy) is 4. The first-order valence-electron chi connectivity index (χ1n) is 9.09. The van der Waals surface area contributed by atoms with Crippen LogP contribution in [0.1, 0.15) is 25.8 Å². The summed E-state index contributed by atoms with van der Waals surface area (Å²) in [6.07, 6.45) is 1.68. The summed E-state index contributed by atoms with van der Waals surface area (Å²) in [6.45, 7) is 7.80. The van der Waals surface area contributed by atoms with Gasteiger partial charge in [0.25, 0.3) is 0 Å². The zero-order valence-corrected chi connectivity index (χ0v) is 19.4. The molecule has 0 atom stereocenters. The van der Waals surface area contributed by atoms with Gasteiger partial charge in [0.2, 0.25) is 5.75 Å². The minimum atomic E-state index is 0. The Kier molecular flexibility index (Phi) is 14.8. The van der Waals surface area contributed by atoms with Crippen LogP contribution in [0.2, 0.25) is 0 Å². The van der Waals surface area contributed by atoms with Crippen molar-refractivity contribution in [2.45, 2.75) is 26.7 Å². The average molecular weight is 495 g/mol. The first-order valence-corrected chi connectivity index (χ1v) is 9.09. The number of nitrogens with one attached hydrogen (secondary N) is 2. The monoisotopic (exact) mass is 495 g/mol. The molecule has 0 radical (unpaired) electrons. The smallest absolute Gasteiger partial charge is 0.203 e. The van der Waals surface area contributed by atoms with Crippen LogP contribution in [0.25, 0.3) is 0 Å². The van der Waals surface area contributed by atoms with Crippen LogP contribution in [0.5, 0.6) is 17.2 Å². The highest BCUT2D eigenvalue weighted by atomic mass is 127. The van der Waals surface area contributed by atoms with Gasteiger partial charge in [-0.1, -0.05) is 6.07 Å². The zero-order chi connectivity index (χ0) is 19.2. The van der Waals surface area contributed by atoms with Gasteiger partial charge in [0.05, 0.1) is 21.3 Å². The Hall–Kier alpha value is -1.42. The lowest BCUT2D eigenvalue weighted by Gasteiger charge is -2.16. The van der Waals surface area contributed by atoms with Gasteiger partial charge >= 0.3 is 0 Å². The van der Waals surface area contributed by atoms with Gasteiger partial charge in [0.1, 0.15) is 0 Å². The van der Waals surface area contributed by atoms with Gasteiger partial charge in [0.15, 0.2) is 17.5 Å². The predicted molar refractivity (Wildman–Crippen MR) is 120 cm³/mol. The first-order chi connectivity index (χ1) is 12.7. The molecule has 0 saturated carbocycles. The highest BCUT2D eigenvalue weighted by Gasteiger charge is 2.15. The molecule has 0 spiro atoms. The van der Waals surface area contributed by atoms with Crippen molar-refractivity contribution in [1.82, 2.24) is 10.6 Å². The maximum atomic E-state index is 5.52. The molecule has 0 bridgehead atoms. The first kappa shape index (κ1) is 25.6. The van der Waals surface area contributed by atoms with Crippen molar-refractivity contribution in [2.24, 2.45) is 4.99 Å². The number of halogens is 1. The Labute approximate surface area is 180 Å². The molecule has 27 heavy (non-hydrogen) atoms. The summed E-state index contributed by atoms with van der Waals surface area (Å²) in [5.74, 6) is 2.78. The standard InChI is InChI=1S/C19H33N3O4.HI/c1-6-20-19(21-12-8-14-26-7-2)22-13-11-15-9-10-16(23-3)18(25-5)17(15)24-4;/h9-10H,6-8,11-14H2,1-5H3,(H2,20,21,22);1H. The van der Waals surface area contributed by atoms with Crippen molar-refractivity contribution in [3.63, 3.8) is 0 Å².